The fraction of sp³-hybridized carbons (Fsp3) is 0.714. The summed E-state index contributed by atoms with van der Waals surface area (Å²) < 4.78 is 0. The maximum absolute atomic E-state index is 4.01. The number of nitrogens with zero attached hydrogens (tertiary/aromatic N) is 2. The Bertz CT molecular complexity index is 317. The highest BCUT2D eigenvalue weighted by molar-refractivity contribution is 5.13. The van der Waals surface area contributed by atoms with Gasteiger partial charge in [-0.3, -0.25) is 0 Å². The second kappa shape index (κ2) is 6.10. The molecule has 1 fully saturated rings. The summed E-state index contributed by atoms with van der Waals surface area (Å²) in [5, 5.41) is 11.5. The van der Waals surface area contributed by atoms with Gasteiger partial charge in [-0.2, -0.15) is 10.2 Å². The predicted molar refractivity (Wildman–Crippen MR) is 69.6 cm³/mol. The van der Waals surface area contributed by atoms with Gasteiger partial charge in [0.25, 0.3) is 0 Å². The Morgan fingerprint density at radius 3 is 2.65 bits per heavy atom. The normalized spacial score (nSPS) is 26.7. The molecule has 0 saturated heterocycles. The molecule has 0 aliphatic heterocycles. The second-order valence-electron chi connectivity index (χ2n) is 5.23. The fourth-order valence-corrected chi connectivity index (χ4v) is 2.88. The molecule has 3 heteroatoms. The van der Waals surface area contributed by atoms with Crippen LogP contribution in [0.15, 0.2) is 18.5 Å². The van der Waals surface area contributed by atoms with E-state index in [1.165, 1.54) is 31.2 Å². The van der Waals surface area contributed by atoms with Gasteiger partial charge in [-0.15, -0.1) is 0 Å². The molecule has 1 saturated carbocycles. The van der Waals surface area contributed by atoms with Crippen LogP contribution in [-0.4, -0.2) is 16.7 Å². The van der Waals surface area contributed by atoms with E-state index in [1.54, 1.807) is 6.20 Å². The Hall–Kier alpha value is -0.960. The molecule has 94 valence electrons. The summed E-state index contributed by atoms with van der Waals surface area (Å²) in [7, 11) is 0. The van der Waals surface area contributed by atoms with E-state index in [4.69, 9.17) is 0 Å². The van der Waals surface area contributed by atoms with Crippen LogP contribution in [0.2, 0.25) is 0 Å². The van der Waals surface area contributed by atoms with Crippen molar-refractivity contribution in [1.29, 1.82) is 0 Å². The Balaban J connectivity index is 2.07. The van der Waals surface area contributed by atoms with E-state index >= 15 is 0 Å². The Labute approximate surface area is 104 Å². The lowest BCUT2D eigenvalue weighted by Crippen LogP contribution is -2.30. The van der Waals surface area contributed by atoms with Crippen molar-refractivity contribution in [1.82, 2.24) is 15.5 Å². The molecular formula is C14H23N3. The molecule has 2 rings (SSSR count). The average molecular weight is 233 g/mol. The van der Waals surface area contributed by atoms with Gasteiger partial charge in [0.2, 0.25) is 0 Å². The first kappa shape index (κ1) is 12.5. The first-order chi connectivity index (χ1) is 8.31. The largest absolute Gasteiger partial charge is 0.310 e. The van der Waals surface area contributed by atoms with Crippen LogP contribution in [0.4, 0.5) is 0 Å². The lowest BCUT2D eigenvalue weighted by molar-refractivity contribution is 0.233. The molecular weight excluding hydrogens is 210 g/mol. The van der Waals surface area contributed by atoms with E-state index in [-0.39, 0.29) is 0 Å². The summed E-state index contributed by atoms with van der Waals surface area (Å²) in [5.74, 6) is 1.67. The second-order valence-corrected chi connectivity index (χ2v) is 5.23. The van der Waals surface area contributed by atoms with E-state index < -0.39 is 0 Å². The van der Waals surface area contributed by atoms with Crippen molar-refractivity contribution in [2.75, 3.05) is 6.54 Å². The minimum Gasteiger partial charge on any atom is -0.310 e. The molecule has 1 aliphatic rings. The third kappa shape index (κ3) is 3.25. The van der Waals surface area contributed by atoms with Gasteiger partial charge in [-0.1, -0.05) is 26.7 Å². The van der Waals surface area contributed by atoms with Gasteiger partial charge in [0, 0.05) is 12.2 Å². The highest BCUT2D eigenvalue weighted by atomic mass is 15.1. The van der Waals surface area contributed by atoms with Crippen LogP contribution in [0, 0.1) is 11.8 Å². The highest BCUT2D eigenvalue weighted by Gasteiger charge is 2.26. The molecule has 1 aliphatic carbocycles. The summed E-state index contributed by atoms with van der Waals surface area (Å²) >= 11 is 0. The van der Waals surface area contributed by atoms with Crippen molar-refractivity contribution in [3.8, 4) is 0 Å². The number of nitrogens with one attached hydrogen (secondary N) is 1. The molecule has 1 N–H and O–H groups in total. The molecule has 1 unspecified atom stereocenters. The molecule has 1 atom stereocenters. The standard InChI is InChI=1S/C14H23N3/c1-3-15-14(13-8-9-16-17-10-13)12-6-4-11(2)5-7-12/h8-12,14-15H,3-7H2,1-2H3. The smallest absolute Gasteiger partial charge is 0.0544 e. The number of hydrogen-bond donors (Lipinski definition) is 1. The Kier molecular flexibility index (Phi) is 4.49. The van der Waals surface area contributed by atoms with E-state index in [1.807, 2.05) is 6.20 Å². The minimum absolute atomic E-state index is 0.461. The third-order valence-corrected chi connectivity index (χ3v) is 3.92. The lowest BCUT2D eigenvalue weighted by Gasteiger charge is -2.33. The summed E-state index contributed by atoms with van der Waals surface area (Å²) in [4.78, 5) is 0. The van der Waals surface area contributed by atoms with Gasteiger partial charge in [0.05, 0.1) is 6.20 Å². The zero-order valence-electron chi connectivity index (χ0n) is 10.9. The van der Waals surface area contributed by atoms with Crippen LogP contribution in [0.5, 0.6) is 0 Å². The van der Waals surface area contributed by atoms with Gasteiger partial charge >= 0.3 is 0 Å². The van der Waals surface area contributed by atoms with E-state index in [9.17, 15) is 0 Å². The van der Waals surface area contributed by atoms with Crippen molar-refractivity contribution >= 4 is 0 Å². The van der Waals surface area contributed by atoms with Gasteiger partial charge in [-0.25, -0.2) is 0 Å². The zero-order chi connectivity index (χ0) is 12.1. The molecule has 0 bridgehead atoms. The van der Waals surface area contributed by atoms with Gasteiger partial charge < -0.3 is 5.32 Å². The molecule has 17 heavy (non-hydrogen) atoms. The lowest BCUT2D eigenvalue weighted by atomic mass is 9.77. The molecule has 1 aromatic rings. The summed E-state index contributed by atoms with van der Waals surface area (Å²) in [5.41, 5.74) is 1.29. The van der Waals surface area contributed by atoms with Crippen molar-refractivity contribution in [2.24, 2.45) is 11.8 Å². The average Bonchev–Trinajstić information content (AvgIpc) is 2.38. The molecule has 0 spiro atoms. The number of aromatic nitrogens is 2. The Morgan fingerprint density at radius 2 is 2.06 bits per heavy atom. The molecule has 0 radical (unpaired) electrons. The molecule has 3 nitrogen and oxygen atoms in total. The fourth-order valence-electron chi connectivity index (χ4n) is 2.88. The molecule has 1 aromatic heterocycles. The monoisotopic (exact) mass is 233 g/mol. The van der Waals surface area contributed by atoms with E-state index in [0.717, 1.165) is 18.4 Å². The number of hydrogen-bond acceptors (Lipinski definition) is 3. The topological polar surface area (TPSA) is 37.8 Å². The van der Waals surface area contributed by atoms with Gasteiger partial charge in [0.1, 0.15) is 0 Å². The van der Waals surface area contributed by atoms with Gasteiger partial charge in [-0.05, 0) is 42.9 Å². The van der Waals surface area contributed by atoms with Crippen LogP contribution < -0.4 is 5.32 Å². The van der Waals surface area contributed by atoms with Crippen LogP contribution in [0.25, 0.3) is 0 Å². The van der Waals surface area contributed by atoms with Crippen LogP contribution in [0.3, 0.4) is 0 Å². The maximum atomic E-state index is 4.01. The molecule has 0 amide bonds. The summed E-state index contributed by atoms with van der Waals surface area (Å²) in [6, 6.07) is 2.56. The summed E-state index contributed by atoms with van der Waals surface area (Å²) in [6.45, 7) is 5.55. The Morgan fingerprint density at radius 1 is 1.29 bits per heavy atom. The summed E-state index contributed by atoms with van der Waals surface area (Å²) in [6.07, 6.45) is 9.11. The predicted octanol–water partition coefficient (Wildman–Crippen LogP) is 2.95. The van der Waals surface area contributed by atoms with Gasteiger partial charge in [0.15, 0.2) is 0 Å². The third-order valence-electron chi connectivity index (χ3n) is 3.92. The van der Waals surface area contributed by atoms with Crippen molar-refractivity contribution in [3.05, 3.63) is 24.0 Å². The van der Waals surface area contributed by atoms with E-state index in [0.29, 0.717) is 6.04 Å². The highest BCUT2D eigenvalue weighted by Crippen LogP contribution is 2.36. The van der Waals surface area contributed by atoms with Crippen molar-refractivity contribution < 1.29 is 0 Å². The minimum atomic E-state index is 0.461. The molecule has 1 heterocycles. The molecule has 0 aromatic carbocycles. The van der Waals surface area contributed by atoms with E-state index in [2.05, 4.69) is 35.4 Å². The van der Waals surface area contributed by atoms with Crippen molar-refractivity contribution in [2.45, 2.75) is 45.6 Å². The van der Waals surface area contributed by atoms with Crippen molar-refractivity contribution in [3.63, 3.8) is 0 Å². The first-order valence-corrected chi connectivity index (χ1v) is 6.81. The van der Waals surface area contributed by atoms with Crippen LogP contribution in [-0.2, 0) is 0 Å². The van der Waals surface area contributed by atoms with Crippen LogP contribution >= 0.6 is 0 Å². The number of rotatable bonds is 4. The first-order valence-electron chi connectivity index (χ1n) is 6.81. The SMILES string of the molecule is CCNC(c1ccnnc1)C1CCC(C)CC1. The quantitative estimate of drug-likeness (QED) is 0.869. The maximum Gasteiger partial charge on any atom is 0.0544 e. The van der Waals surface area contributed by atoms with Crippen LogP contribution in [0.1, 0.15) is 51.1 Å². The zero-order valence-corrected chi connectivity index (χ0v) is 10.9.